The fraction of sp³-hybridized carbons (Fsp3) is 0.818. The first kappa shape index (κ1) is 15.1. The molecular formula is C11H23N3O2. The van der Waals surface area contributed by atoms with E-state index in [1.807, 2.05) is 20.8 Å². The van der Waals surface area contributed by atoms with Gasteiger partial charge in [0.15, 0.2) is 0 Å². The van der Waals surface area contributed by atoms with E-state index in [0.717, 1.165) is 0 Å². The number of likely N-dealkylation sites (N-methyl/N-ethyl adjacent to an activating group) is 1. The van der Waals surface area contributed by atoms with Crippen molar-refractivity contribution in [2.24, 2.45) is 11.7 Å². The molecule has 1 amide bonds. The van der Waals surface area contributed by atoms with Crippen LogP contribution in [-0.2, 0) is 9.59 Å². The van der Waals surface area contributed by atoms with E-state index in [2.05, 4.69) is 10.6 Å². The van der Waals surface area contributed by atoms with Gasteiger partial charge in [-0.15, -0.1) is 0 Å². The molecule has 0 aromatic heterocycles. The van der Waals surface area contributed by atoms with Gasteiger partial charge >= 0.3 is 0 Å². The Morgan fingerprint density at radius 1 is 1.31 bits per heavy atom. The van der Waals surface area contributed by atoms with Crippen LogP contribution < -0.4 is 16.4 Å². The highest BCUT2D eigenvalue weighted by Gasteiger charge is 2.15. The van der Waals surface area contributed by atoms with E-state index in [1.54, 1.807) is 0 Å². The zero-order valence-corrected chi connectivity index (χ0v) is 10.4. The summed E-state index contributed by atoms with van der Waals surface area (Å²) in [5.74, 6) is 0.0462. The molecule has 0 fully saturated rings. The standard InChI is InChI=1S/C11H23N3O2/c1-4-13-9(7-12)11(16)14-6-5-10(15)8(2)3/h8-9,13H,4-7,12H2,1-3H3,(H,14,16). The first-order valence-electron chi connectivity index (χ1n) is 5.76. The fourth-order valence-corrected chi connectivity index (χ4v) is 1.25. The van der Waals surface area contributed by atoms with Gasteiger partial charge in [0.2, 0.25) is 5.91 Å². The summed E-state index contributed by atoms with van der Waals surface area (Å²) in [5, 5.41) is 5.67. The number of nitrogens with one attached hydrogen (secondary N) is 2. The molecule has 5 nitrogen and oxygen atoms in total. The summed E-state index contributed by atoms with van der Waals surface area (Å²) in [5.41, 5.74) is 5.45. The van der Waals surface area contributed by atoms with E-state index in [0.29, 0.717) is 19.5 Å². The third-order valence-corrected chi connectivity index (χ3v) is 2.32. The highest BCUT2D eigenvalue weighted by Crippen LogP contribution is 1.97. The van der Waals surface area contributed by atoms with Crippen LogP contribution in [0, 0.1) is 5.92 Å². The van der Waals surface area contributed by atoms with Gasteiger partial charge in [-0.25, -0.2) is 0 Å². The minimum Gasteiger partial charge on any atom is -0.354 e. The Labute approximate surface area is 97.2 Å². The molecule has 0 saturated heterocycles. The topological polar surface area (TPSA) is 84.2 Å². The maximum absolute atomic E-state index is 11.6. The molecule has 0 aliphatic heterocycles. The van der Waals surface area contributed by atoms with Gasteiger partial charge in [-0.1, -0.05) is 20.8 Å². The fourth-order valence-electron chi connectivity index (χ4n) is 1.25. The van der Waals surface area contributed by atoms with Crippen LogP contribution >= 0.6 is 0 Å². The molecule has 0 bridgehead atoms. The molecule has 4 N–H and O–H groups in total. The van der Waals surface area contributed by atoms with Crippen molar-refractivity contribution in [1.82, 2.24) is 10.6 Å². The summed E-state index contributed by atoms with van der Waals surface area (Å²) in [7, 11) is 0. The number of ketones is 1. The molecule has 0 rings (SSSR count). The number of amides is 1. The maximum atomic E-state index is 11.6. The zero-order chi connectivity index (χ0) is 12.6. The third-order valence-electron chi connectivity index (χ3n) is 2.32. The zero-order valence-electron chi connectivity index (χ0n) is 10.4. The Balaban J connectivity index is 3.83. The predicted octanol–water partition coefficient (Wildman–Crippen LogP) is -0.345. The lowest BCUT2D eigenvalue weighted by molar-refractivity contribution is -0.123. The lowest BCUT2D eigenvalue weighted by atomic mass is 10.1. The average Bonchev–Trinajstić information content (AvgIpc) is 2.25. The summed E-state index contributed by atoms with van der Waals surface area (Å²) in [4.78, 5) is 22.8. The molecule has 0 saturated carbocycles. The van der Waals surface area contributed by atoms with Crippen LogP contribution in [0.5, 0.6) is 0 Å². The second kappa shape index (κ2) is 8.24. The van der Waals surface area contributed by atoms with E-state index in [-0.39, 0.29) is 30.2 Å². The lowest BCUT2D eigenvalue weighted by Gasteiger charge is -2.15. The van der Waals surface area contributed by atoms with Crippen molar-refractivity contribution in [2.45, 2.75) is 33.2 Å². The lowest BCUT2D eigenvalue weighted by Crippen LogP contribution is -2.49. The summed E-state index contributed by atoms with van der Waals surface area (Å²) in [6, 6.07) is -0.362. The van der Waals surface area contributed by atoms with Gasteiger partial charge in [-0.05, 0) is 6.54 Å². The Kier molecular flexibility index (Phi) is 7.76. The van der Waals surface area contributed by atoms with Crippen LogP contribution in [0.3, 0.4) is 0 Å². The largest absolute Gasteiger partial charge is 0.354 e. The summed E-state index contributed by atoms with van der Waals surface area (Å²) >= 11 is 0. The number of hydrogen-bond acceptors (Lipinski definition) is 4. The normalized spacial score (nSPS) is 12.6. The van der Waals surface area contributed by atoms with Gasteiger partial charge in [0.05, 0.1) is 6.04 Å². The third kappa shape index (κ3) is 5.82. The molecule has 0 radical (unpaired) electrons. The first-order chi connectivity index (χ1) is 7.52. The van der Waals surface area contributed by atoms with Crippen LogP contribution in [0.2, 0.25) is 0 Å². The molecule has 0 heterocycles. The highest BCUT2D eigenvalue weighted by atomic mass is 16.2. The van der Waals surface area contributed by atoms with Crippen molar-refractivity contribution in [3.05, 3.63) is 0 Å². The van der Waals surface area contributed by atoms with Gasteiger partial charge < -0.3 is 16.4 Å². The van der Waals surface area contributed by atoms with Crippen molar-refractivity contribution < 1.29 is 9.59 Å². The minimum absolute atomic E-state index is 0.0241. The van der Waals surface area contributed by atoms with Crippen molar-refractivity contribution in [1.29, 1.82) is 0 Å². The molecule has 0 spiro atoms. The van der Waals surface area contributed by atoms with Crippen LogP contribution in [0.4, 0.5) is 0 Å². The number of nitrogens with two attached hydrogens (primary N) is 1. The van der Waals surface area contributed by atoms with E-state index in [1.165, 1.54) is 0 Å². The van der Waals surface area contributed by atoms with E-state index in [9.17, 15) is 9.59 Å². The van der Waals surface area contributed by atoms with Crippen LogP contribution in [-0.4, -0.2) is 37.4 Å². The Bertz CT molecular complexity index is 229. The predicted molar refractivity (Wildman–Crippen MR) is 64.0 cm³/mol. The number of carbonyl (C=O) groups is 2. The highest BCUT2D eigenvalue weighted by molar-refractivity contribution is 5.84. The molecule has 5 heteroatoms. The number of rotatable bonds is 8. The van der Waals surface area contributed by atoms with Crippen LogP contribution in [0.25, 0.3) is 0 Å². The van der Waals surface area contributed by atoms with Crippen LogP contribution in [0.1, 0.15) is 27.2 Å². The minimum atomic E-state index is -0.362. The van der Waals surface area contributed by atoms with Gasteiger partial charge in [0.25, 0.3) is 0 Å². The maximum Gasteiger partial charge on any atom is 0.238 e. The number of carbonyl (C=O) groups excluding carboxylic acids is 2. The van der Waals surface area contributed by atoms with E-state index < -0.39 is 0 Å². The summed E-state index contributed by atoms with van der Waals surface area (Å²) in [6.45, 7) is 6.96. The SMILES string of the molecule is CCNC(CN)C(=O)NCCC(=O)C(C)C. The Hall–Kier alpha value is -0.940. The van der Waals surface area contributed by atoms with Crippen molar-refractivity contribution in [2.75, 3.05) is 19.6 Å². The Morgan fingerprint density at radius 3 is 2.38 bits per heavy atom. The molecule has 0 aliphatic rings. The average molecular weight is 229 g/mol. The van der Waals surface area contributed by atoms with E-state index in [4.69, 9.17) is 5.73 Å². The number of hydrogen-bond donors (Lipinski definition) is 3. The van der Waals surface area contributed by atoms with Crippen molar-refractivity contribution in [3.8, 4) is 0 Å². The van der Waals surface area contributed by atoms with E-state index >= 15 is 0 Å². The summed E-state index contributed by atoms with van der Waals surface area (Å²) in [6.07, 6.45) is 0.382. The molecule has 0 aromatic carbocycles. The molecule has 1 unspecified atom stereocenters. The smallest absolute Gasteiger partial charge is 0.238 e. The molecule has 16 heavy (non-hydrogen) atoms. The second-order valence-electron chi connectivity index (χ2n) is 4.01. The number of Topliss-reactive ketones (excluding diaryl/α,β-unsaturated/α-hetero) is 1. The molecule has 1 atom stereocenters. The van der Waals surface area contributed by atoms with Gasteiger partial charge in [-0.2, -0.15) is 0 Å². The van der Waals surface area contributed by atoms with Gasteiger partial charge in [0, 0.05) is 25.4 Å². The second-order valence-corrected chi connectivity index (χ2v) is 4.01. The quantitative estimate of drug-likeness (QED) is 0.531. The first-order valence-corrected chi connectivity index (χ1v) is 5.76. The van der Waals surface area contributed by atoms with Gasteiger partial charge in [-0.3, -0.25) is 9.59 Å². The molecule has 0 aromatic rings. The molecule has 94 valence electrons. The Morgan fingerprint density at radius 2 is 1.94 bits per heavy atom. The molecular weight excluding hydrogens is 206 g/mol. The van der Waals surface area contributed by atoms with Gasteiger partial charge in [0.1, 0.15) is 5.78 Å². The molecule has 0 aliphatic carbocycles. The van der Waals surface area contributed by atoms with Crippen LogP contribution in [0.15, 0.2) is 0 Å². The van der Waals surface area contributed by atoms with Crippen molar-refractivity contribution >= 4 is 11.7 Å². The van der Waals surface area contributed by atoms with Crippen molar-refractivity contribution in [3.63, 3.8) is 0 Å². The monoisotopic (exact) mass is 229 g/mol. The summed E-state index contributed by atoms with van der Waals surface area (Å²) < 4.78 is 0.